The Morgan fingerprint density at radius 3 is 2.67 bits per heavy atom. The Bertz CT molecular complexity index is 1870. The highest BCUT2D eigenvalue weighted by Crippen LogP contribution is 2.31. The van der Waals surface area contributed by atoms with Crippen molar-refractivity contribution in [1.82, 2.24) is 24.2 Å². The van der Waals surface area contributed by atoms with Crippen LogP contribution in [0.15, 0.2) is 47.4 Å². The van der Waals surface area contributed by atoms with Crippen LogP contribution in [-0.2, 0) is 36.8 Å². The van der Waals surface area contributed by atoms with Crippen LogP contribution in [0.5, 0.6) is 0 Å². The Labute approximate surface area is 251 Å². The van der Waals surface area contributed by atoms with Crippen LogP contribution in [0.25, 0.3) is 22.2 Å². The van der Waals surface area contributed by atoms with E-state index in [4.69, 9.17) is 0 Å². The van der Waals surface area contributed by atoms with Crippen LogP contribution in [0.4, 0.5) is 24.8 Å². The second-order valence-electron chi connectivity index (χ2n) is 10.4. The fourth-order valence-electron chi connectivity index (χ4n) is 5.32. The Kier molecular flexibility index (Phi) is 8.65. The molecule has 228 valence electrons. The van der Waals surface area contributed by atoms with Gasteiger partial charge in [-0.3, -0.25) is 14.1 Å². The second kappa shape index (κ2) is 12.1. The number of rotatable bonds is 8. The summed E-state index contributed by atoms with van der Waals surface area (Å²) in [6.45, 7) is 1.85. The van der Waals surface area contributed by atoms with Gasteiger partial charge in [-0.2, -0.15) is 17.7 Å². The lowest BCUT2D eigenvalue weighted by molar-refractivity contribution is 0.343. The molecule has 0 saturated carbocycles. The van der Waals surface area contributed by atoms with E-state index in [1.165, 1.54) is 36.0 Å². The summed E-state index contributed by atoms with van der Waals surface area (Å²) < 4.78 is 73.5. The third-order valence-electron chi connectivity index (χ3n) is 7.58. The van der Waals surface area contributed by atoms with Gasteiger partial charge in [0.15, 0.2) is 5.82 Å². The molecule has 0 spiro atoms. The molecule has 3 N–H and O–H groups in total. The topological polar surface area (TPSA) is 121 Å². The van der Waals surface area contributed by atoms with Crippen LogP contribution in [0.1, 0.15) is 23.1 Å². The van der Waals surface area contributed by atoms with E-state index in [0.717, 1.165) is 40.5 Å². The number of aromatic nitrogens is 3. The maximum absolute atomic E-state index is 15.6. The molecule has 1 fully saturated rings. The van der Waals surface area contributed by atoms with Crippen molar-refractivity contribution in [1.29, 1.82) is 0 Å². The number of anilines is 2. The predicted molar refractivity (Wildman–Crippen MR) is 160 cm³/mol. The molecule has 0 radical (unpaired) electrons. The van der Waals surface area contributed by atoms with Gasteiger partial charge >= 0.3 is 10.2 Å². The summed E-state index contributed by atoms with van der Waals surface area (Å²) in [7, 11) is -2.88. The van der Waals surface area contributed by atoms with Crippen molar-refractivity contribution in [3.05, 3.63) is 81.3 Å². The lowest BCUT2D eigenvalue weighted by Gasteiger charge is -2.18. The molecule has 1 atom stereocenters. The van der Waals surface area contributed by atoms with Gasteiger partial charge in [0.25, 0.3) is 5.56 Å². The summed E-state index contributed by atoms with van der Waals surface area (Å²) in [5.74, 6) is -2.04. The number of hydrogen-bond acceptors (Lipinski definition) is 7. The van der Waals surface area contributed by atoms with Crippen molar-refractivity contribution < 1.29 is 21.6 Å². The van der Waals surface area contributed by atoms with E-state index in [-0.39, 0.29) is 43.1 Å². The van der Waals surface area contributed by atoms with Gasteiger partial charge < -0.3 is 10.6 Å². The number of halogens is 4. The molecule has 4 aromatic rings. The Hall–Kier alpha value is -3.72. The number of alkyl halides is 1. The van der Waals surface area contributed by atoms with Crippen molar-refractivity contribution in [3.63, 3.8) is 0 Å². The van der Waals surface area contributed by atoms with Gasteiger partial charge in [-0.05, 0) is 47.7 Å². The first-order chi connectivity index (χ1) is 20.1. The second-order valence-corrected chi connectivity index (χ2v) is 12.1. The van der Waals surface area contributed by atoms with Crippen molar-refractivity contribution in [2.24, 2.45) is 7.05 Å². The van der Waals surface area contributed by atoms with Crippen LogP contribution in [0.2, 0.25) is 0 Å². The van der Waals surface area contributed by atoms with Gasteiger partial charge in [-0.1, -0.05) is 18.2 Å². The van der Waals surface area contributed by atoms with E-state index in [1.54, 1.807) is 0 Å². The number of fused-ring (bicyclic) bond motifs is 2. The minimum atomic E-state index is -4.30. The van der Waals surface area contributed by atoms with E-state index in [1.807, 2.05) is 0 Å². The van der Waals surface area contributed by atoms with Crippen LogP contribution in [-0.4, -0.2) is 53.1 Å². The molecule has 0 amide bonds. The molecule has 2 aromatic heterocycles. The van der Waals surface area contributed by atoms with Gasteiger partial charge in [0, 0.05) is 51.4 Å². The predicted octanol–water partition coefficient (Wildman–Crippen LogP) is 3.65. The number of nitrogens with zero attached hydrogens (tertiary/aromatic N) is 4. The third-order valence-corrected chi connectivity index (χ3v) is 9.07. The summed E-state index contributed by atoms with van der Waals surface area (Å²) in [5.41, 5.74) is 1.67. The molecule has 4 heterocycles. The van der Waals surface area contributed by atoms with Crippen LogP contribution in [0.3, 0.4) is 0 Å². The van der Waals surface area contributed by atoms with E-state index in [2.05, 4.69) is 43.5 Å². The standard InChI is InChI=1S/C28H28F3N7O3S.ClH/c1-37-26-19(14-34-28(35-26)33-8-6-16-2-3-17-12-32-13-18(17)10-16)11-21(27(37)39)24-22(30)4-5-23(25(24)31)36-42(40,41)38-9-7-20(29)15-38;/h2-5,10-11,14,20,32,36H,6-9,12-13,15H2,1H3,(H,33,34,35);1H. The zero-order valence-electron chi connectivity index (χ0n) is 23.0. The number of benzene rings is 2. The number of pyridine rings is 1. The van der Waals surface area contributed by atoms with E-state index < -0.39 is 44.8 Å². The molecule has 10 nitrogen and oxygen atoms in total. The van der Waals surface area contributed by atoms with Gasteiger partial charge in [0.05, 0.1) is 16.8 Å². The quantitative estimate of drug-likeness (QED) is 0.270. The average Bonchev–Trinajstić information content (AvgIpc) is 3.62. The molecule has 1 saturated heterocycles. The maximum Gasteiger partial charge on any atom is 0.301 e. The number of aryl methyl sites for hydroxylation is 1. The molecule has 15 heteroatoms. The Morgan fingerprint density at radius 1 is 1.12 bits per heavy atom. The van der Waals surface area contributed by atoms with Crippen molar-refractivity contribution in [3.8, 4) is 11.1 Å². The molecular formula is C28H29ClF3N7O3S. The van der Waals surface area contributed by atoms with Crippen LogP contribution >= 0.6 is 12.4 Å². The van der Waals surface area contributed by atoms with E-state index in [0.29, 0.717) is 17.9 Å². The summed E-state index contributed by atoms with van der Waals surface area (Å²) in [6.07, 6.45) is 0.877. The Balaban J connectivity index is 0.00000368. The summed E-state index contributed by atoms with van der Waals surface area (Å²) in [6, 6.07) is 9.43. The highest BCUT2D eigenvalue weighted by Gasteiger charge is 2.32. The van der Waals surface area contributed by atoms with Crippen LogP contribution < -0.4 is 20.9 Å². The highest BCUT2D eigenvalue weighted by atomic mass is 35.5. The molecule has 1 unspecified atom stereocenters. The molecule has 43 heavy (non-hydrogen) atoms. The van der Waals surface area contributed by atoms with Crippen molar-refractivity contribution in [2.45, 2.75) is 32.1 Å². The molecule has 0 bridgehead atoms. The lowest BCUT2D eigenvalue weighted by atomic mass is 10.0. The van der Waals surface area contributed by atoms with Gasteiger partial charge in [0.1, 0.15) is 17.6 Å². The van der Waals surface area contributed by atoms with Crippen LogP contribution in [0, 0.1) is 11.6 Å². The fourth-order valence-corrected chi connectivity index (χ4v) is 6.59. The Morgan fingerprint density at radius 2 is 1.91 bits per heavy atom. The zero-order chi connectivity index (χ0) is 29.6. The largest absolute Gasteiger partial charge is 0.354 e. The molecule has 2 aromatic carbocycles. The molecule has 6 rings (SSSR count). The number of hydrogen-bond donors (Lipinski definition) is 3. The van der Waals surface area contributed by atoms with Gasteiger partial charge in [0.2, 0.25) is 5.95 Å². The first kappa shape index (κ1) is 30.7. The molecular weight excluding hydrogens is 607 g/mol. The molecule has 2 aliphatic rings. The third kappa shape index (κ3) is 6.05. The highest BCUT2D eigenvalue weighted by molar-refractivity contribution is 7.90. The summed E-state index contributed by atoms with van der Waals surface area (Å²) >= 11 is 0. The van der Waals surface area contributed by atoms with E-state index in [9.17, 15) is 22.0 Å². The minimum Gasteiger partial charge on any atom is -0.354 e. The van der Waals surface area contributed by atoms with E-state index >= 15 is 4.39 Å². The van der Waals surface area contributed by atoms with Crippen molar-refractivity contribution >= 4 is 45.3 Å². The fraction of sp³-hybridized carbons (Fsp3) is 0.321. The van der Waals surface area contributed by atoms with Gasteiger partial charge in [-0.15, -0.1) is 12.4 Å². The minimum absolute atomic E-state index is 0. The average molecular weight is 636 g/mol. The maximum atomic E-state index is 15.6. The lowest BCUT2D eigenvalue weighted by Crippen LogP contribution is -2.34. The zero-order valence-corrected chi connectivity index (χ0v) is 24.7. The first-order valence-electron chi connectivity index (χ1n) is 13.4. The summed E-state index contributed by atoms with van der Waals surface area (Å²) in [5, 5.41) is 6.82. The summed E-state index contributed by atoms with van der Waals surface area (Å²) in [4.78, 5) is 22.0. The molecule has 2 aliphatic heterocycles. The SMILES string of the molecule is Cl.Cn1c(=O)c(-c2c(F)ccc(NS(=O)(=O)N3CCC(F)C3)c2F)cc2cnc(NCCc3ccc4c(c3)CNC4)nc21. The molecule has 0 aliphatic carbocycles. The van der Waals surface area contributed by atoms with Gasteiger partial charge in [-0.25, -0.2) is 18.2 Å². The number of nitrogens with one attached hydrogen (secondary N) is 3. The first-order valence-corrected chi connectivity index (χ1v) is 14.9. The normalized spacial score (nSPS) is 16.7. The van der Waals surface area contributed by atoms with Crippen molar-refractivity contribution in [2.75, 3.05) is 29.7 Å². The monoisotopic (exact) mass is 635 g/mol. The smallest absolute Gasteiger partial charge is 0.301 e.